The zero-order valence-corrected chi connectivity index (χ0v) is 12.6. The topological polar surface area (TPSA) is 73.0 Å². The van der Waals surface area contributed by atoms with E-state index in [9.17, 15) is 10.1 Å². The number of nitro groups is 1. The minimum absolute atomic E-state index is 0.0653. The first-order valence-electron chi connectivity index (χ1n) is 7.04. The molecule has 0 unspecified atom stereocenters. The summed E-state index contributed by atoms with van der Waals surface area (Å²) in [4.78, 5) is 10.9. The van der Waals surface area contributed by atoms with E-state index in [2.05, 4.69) is 10.4 Å². The predicted molar refractivity (Wildman–Crippen MR) is 82.4 cm³/mol. The van der Waals surface area contributed by atoms with Crippen LogP contribution in [0.25, 0.3) is 0 Å². The van der Waals surface area contributed by atoms with Crippen LogP contribution in [-0.4, -0.2) is 14.7 Å². The Morgan fingerprint density at radius 1 is 1.29 bits per heavy atom. The van der Waals surface area contributed by atoms with E-state index >= 15 is 0 Å². The molecule has 0 fully saturated rings. The zero-order chi connectivity index (χ0) is 15.4. The third-order valence-electron chi connectivity index (χ3n) is 3.29. The van der Waals surface area contributed by atoms with E-state index in [4.69, 9.17) is 0 Å². The molecule has 0 aliphatic heterocycles. The number of anilines is 1. The standard InChI is InChI=1S/C15H20N4O2/c1-4-9-18-15(14(19(20)21)12(3)17-18)16-10-13-7-5-11(2)6-8-13/h5-8,16H,4,9-10H2,1-3H3. The third-order valence-corrected chi connectivity index (χ3v) is 3.29. The van der Waals surface area contributed by atoms with Crippen LogP contribution in [0.5, 0.6) is 0 Å². The molecular formula is C15H20N4O2. The van der Waals surface area contributed by atoms with Gasteiger partial charge in [-0.15, -0.1) is 0 Å². The van der Waals surface area contributed by atoms with Crippen LogP contribution in [0.3, 0.4) is 0 Å². The molecule has 6 nitrogen and oxygen atoms in total. The predicted octanol–water partition coefficient (Wildman–Crippen LogP) is 3.43. The lowest BCUT2D eigenvalue weighted by atomic mass is 10.1. The smallest absolute Gasteiger partial charge is 0.333 e. The van der Waals surface area contributed by atoms with Crippen LogP contribution < -0.4 is 5.32 Å². The molecule has 112 valence electrons. The summed E-state index contributed by atoms with van der Waals surface area (Å²) in [6, 6.07) is 8.09. The molecule has 0 aliphatic rings. The summed E-state index contributed by atoms with van der Waals surface area (Å²) in [5.41, 5.74) is 2.78. The summed E-state index contributed by atoms with van der Waals surface area (Å²) in [6.45, 7) is 6.91. The number of benzene rings is 1. The van der Waals surface area contributed by atoms with Crippen molar-refractivity contribution in [3.05, 3.63) is 51.2 Å². The number of nitrogens with one attached hydrogen (secondary N) is 1. The van der Waals surface area contributed by atoms with Gasteiger partial charge < -0.3 is 5.32 Å². The second-order valence-corrected chi connectivity index (χ2v) is 5.10. The van der Waals surface area contributed by atoms with Crippen LogP contribution in [0.15, 0.2) is 24.3 Å². The van der Waals surface area contributed by atoms with Crippen molar-refractivity contribution in [1.29, 1.82) is 0 Å². The molecule has 2 rings (SSSR count). The Kier molecular flexibility index (Phi) is 4.57. The summed E-state index contributed by atoms with van der Waals surface area (Å²) in [7, 11) is 0. The van der Waals surface area contributed by atoms with E-state index in [1.807, 2.05) is 38.1 Å². The van der Waals surface area contributed by atoms with E-state index < -0.39 is 0 Å². The number of hydrogen-bond acceptors (Lipinski definition) is 4. The quantitative estimate of drug-likeness (QED) is 0.653. The van der Waals surface area contributed by atoms with Crippen molar-refractivity contribution in [3.63, 3.8) is 0 Å². The van der Waals surface area contributed by atoms with Gasteiger partial charge in [-0.05, 0) is 25.8 Å². The van der Waals surface area contributed by atoms with Gasteiger partial charge in [0.1, 0.15) is 5.69 Å². The molecule has 1 N–H and O–H groups in total. The molecule has 1 heterocycles. The van der Waals surface area contributed by atoms with E-state index in [0.29, 0.717) is 24.6 Å². The highest BCUT2D eigenvalue weighted by atomic mass is 16.6. The van der Waals surface area contributed by atoms with Crippen molar-refractivity contribution in [2.45, 2.75) is 40.3 Å². The van der Waals surface area contributed by atoms with Gasteiger partial charge in [-0.3, -0.25) is 10.1 Å². The first kappa shape index (κ1) is 15.0. The molecule has 0 atom stereocenters. The highest BCUT2D eigenvalue weighted by Gasteiger charge is 2.24. The Morgan fingerprint density at radius 2 is 1.95 bits per heavy atom. The summed E-state index contributed by atoms with van der Waals surface area (Å²) in [5.74, 6) is 0.486. The summed E-state index contributed by atoms with van der Waals surface area (Å²) >= 11 is 0. The van der Waals surface area contributed by atoms with Crippen molar-refractivity contribution in [2.24, 2.45) is 0 Å². The number of nitrogens with zero attached hydrogens (tertiary/aromatic N) is 3. The summed E-state index contributed by atoms with van der Waals surface area (Å²) in [5, 5.41) is 18.7. The number of hydrogen-bond donors (Lipinski definition) is 1. The van der Waals surface area contributed by atoms with Crippen LogP contribution in [-0.2, 0) is 13.1 Å². The maximum atomic E-state index is 11.2. The normalized spacial score (nSPS) is 10.6. The monoisotopic (exact) mass is 288 g/mol. The Hall–Kier alpha value is -2.37. The molecule has 0 spiro atoms. The lowest BCUT2D eigenvalue weighted by molar-refractivity contribution is -0.384. The van der Waals surface area contributed by atoms with Gasteiger partial charge >= 0.3 is 5.69 Å². The summed E-state index contributed by atoms with van der Waals surface area (Å²) < 4.78 is 1.68. The summed E-state index contributed by atoms with van der Waals surface area (Å²) in [6.07, 6.45) is 0.873. The number of aromatic nitrogens is 2. The van der Waals surface area contributed by atoms with Crippen LogP contribution in [0.1, 0.15) is 30.2 Å². The fourth-order valence-electron chi connectivity index (χ4n) is 2.23. The molecule has 1 aromatic carbocycles. The minimum atomic E-state index is -0.369. The lowest BCUT2D eigenvalue weighted by Gasteiger charge is -2.09. The van der Waals surface area contributed by atoms with Crippen molar-refractivity contribution in [1.82, 2.24) is 9.78 Å². The average molecular weight is 288 g/mol. The van der Waals surface area contributed by atoms with E-state index in [-0.39, 0.29) is 10.6 Å². The Labute approximate surface area is 123 Å². The van der Waals surface area contributed by atoms with Crippen molar-refractivity contribution < 1.29 is 4.92 Å². The molecule has 0 aliphatic carbocycles. The molecule has 0 saturated carbocycles. The largest absolute Gasteiger partial charge is 0.360 e. The average Bonchev–Trinajstić information content (AvgIpc) is 2.74. The Morgan fingerprint density at radius 3 is 2.52 bits per heavy atom. The third kappa shape index (κ3) is 3.39. The molecule has 0 saturated heterocycles. The maximum Gasteiger partial charge on any atom is 0.333 e. The second-order valence-electron chi connectivity index (χ2n) is 5.10. The van der Waals surface area contributed by atoms with E-state index in [1.165, 1.54) is 5.56 Å². The van der Waals surface area contributed by atoms with Crippen LogP contribution in [0, 0.1) is 24.0 Å². The van der Waals surface area contributed by atoms with Gasteiger partial charge in [0.15, 0.2) is 0 Å². The van der Waals surface area contributed by atoms with Gasteiger partial charge in [-0.1, -0.05) is 36.8 Å². The molecule has 2 aromatic rings. The van der Waals surface area contributed by atoms with Gasteiger partial charge in [0.2, 0.25) is 5.82 Å². The maximum absolute atomic E-state index is 11.2. The van der Waals surface area contributed by atoms with E-state index in [0.717, 1.165) is 12.0 Å². The van der Waals surface area contributed by atoms with E-state index in [1.54, 1.807) is 11.6 Å². The first-order chi connectivity index (χ1) is 10.0. The molecule has 0 radical (unpaired) electrons. The SMILES string of the molecule is CCCn1nc(C)c([N+](=O)[O-])c1NCc1ccc(C)cc1. The Balaban J connectivity index is 2.24. The molecule has 6 heteroatoms. The first-order valence-corrected chi connectivity index (χ1v) is 7.04. The zero-order valence-electron chi connectivity index (χ0n) is 12.6. The highest BCUT2D eigenvalue weighted by Crippen LogP contribution is 2.28. The van der Waals surface area contributed by atoms with Crippen molar-refractivity contribution in [2.75, 3.05) is 5.32 Å². The number of rotatable bonds is 6. The Bertz CT molecular complexity index is 632. The molecular weight excluding hydrogens is 268 g/mol. The van der Waals surface area contributed by atoms with Crippen LogP contribution >= 0.6 is 0 Å². The van der Waals surface area contributed by atoms with Gasteiger partial charge in [0.25, 0.3) is 0 Å². The fourth-order valence-corrected chi connectivity index (χ4v) is 2.23. The molecule has 0 amide bonds. The molecule has 21 heavy (non-hydrogen) atoms. The van der Waals surface area contributed by atoms with Gasteiger partial charge in [0.05, 0.1) is 4.92 Å². The van der Waals surface area contributed by atoms with Crippen LogP contribution in [0.4, 0.5) is 11.5 Å². The molecule has 1 aromatic heterocycles. The second kappa shape index (κ2) is 6.39. The van der Waals surface area contributed by atoms with Gasteiger partial charge in [-0.25, -0.2) is 4.68 Å². The fraction of sp³-hybridized carbons (Fsp3) is 0.400. The van der Waals surface area contributed by atoms with Crippen molar-refractivity contribution in [3.8, 4) is 0 Å². The molecule has 0 bridgehead atoms. The van der Waals surface area contributed by atoms with Gasteiger partial charge in [0, 0.05) is 13.1 Å². The van der Waals surface area contributed by atoms with Crippen LogP contribution in [0.2, 0.25) is 0 Å². The van der Waals surface area contributed by atoms with Gasteiger partial charge in [-0.2, -0.15) is 5.10 Å². The number of aryl methyl sites for hydroxylation is 3. The highest BCUT2D eigenvalue weighted by molar-refractivity contribution is 5.59. The lowest BCUT2D eigenvalue weighted by Crippen LogP contribution is -2.09. The van der Waals surface area contributed by atoms with Crippen molar-refractivity contribution >= 4 is 11.5 Å². The minimum Gasteiger partial charge on any atom is -0.360 e.